The predicted molar refractivity (Wildman–Crippen MR) is 119 cm³/mol. The molecule has 0 N–H and O–H groups in total. The first-order valence-corrected chi connectivity index (χ1v) is 12.9. The minimum atomic E-state index is -4.77. The highest BCUT2D eigenvalue weighted by Crippen LogP contribution is 2.34. The van der Waals surface area contributed by atoms with Gasteiger partial charge in [-0.2, -0.15) is 0 Å². The molecule has 0 amide bonds. The molecule has 11 heteroatoms. The minimum absolute atomic E-state index is 0.0338. The highest BCUT2D eigenvalue weighted by Gasteiger charge is 2.39. The highest BCUT2D eigenvalue weighted by atomic mass is 32.2. The van der Waals surface area contributed by atoms with Crippen LogP contribution in [0, 0.1) is 42.9 Å². The van der Waals surface area contributed by atoms with Crippen molar-refractivity contribution in [2.45, 2.75) is 43.3 Å². The third-order valence-corrected chi connectivity index (χ3v) is 9.33. The van der Waals surface area contributed by atoms with Crippen LogP contribution in [0.1, 0.15) is 35.2 Å². The van der Waals surface area contributed by atoms with E-state index < -0.39 is 49.1 Å². The van der Waals surface area contributed by atoms with E-state index in [1.807, 2.05) is 36.3 Å². The van der Waals surface area contributed by atoms with Gasteiger partial charge < -0.3 is 4.90 Å². The topological polar surface area (TPSA) is 50.3 Å². The third kappa shape index (κ3) is 4.43. The molecular formula is C23H21F5N2O2S2. The molecule has 4 rings (SSSR count). The Bertz CT molecular complexity index is 1320. The first-order valence-electron chi connectivity index (χ1n) is 10.5. The third-order valence-electron chi connectivity index (χ3n) is 6.10. The first-order chi connectivity index (χ1) is 16.0. The van der Waals surface area contributed by atoms with Gasteiger partial charge in [0.2, 0.25) is 5.82 Å². The van der Waals surface area contributed by atoms with Crippen LogP contribution < -0.4 is 4.90 Å². The number of nitrogens with zero attached hydrogens (tertiary/aromatic N) is 2. The monoisotopic (exact) mass is 516 g/mol. The zero-order valence-corrected chi connectivity index (χ0v) is 20.0. The lowest BCUT2D eigenvalue weighted by Crippen LogP contribution is -2.40. The number of benzene rings is 2. The van der Waals surface area contributed by atoms with E-state index >= 15 is 0 Å². The van der Waals surface area contributed by atoms with Crippen molar-refractivity contribution in [2.75, 3.05) is 18.0 Å². The number of halogens is 5. The molecule has 1 aliphatic rings. The summed E-state index contributed by atoms with van der Waals surface area (Å²) in [5.41, 5.74) is 4.36. The maximum atomic E-state index is 14.1. The standard InChI is InChI=1S/C23H21F5N2O2S2/c1-12-3-4-14(9-13(12)2)10-15-11-33-23(29-15)30-7-5-16(6-8-30)34(31,32)22-20(27)18(25)17(24)19(26)21(22)28/h3-4,9,11,16H,5-8,10H2,1-2H3. The average Bonchev–Trinajstić information content (AvgIpc) is 3.27. The zero-order chi connectivity index (χ0) is 24.8. The van der Waals surface area contributed by atoms with Gasteiger partial charge in [0.15, 0.2) is 38.2 Å². The molecule has 1 aromatic heterocycles. The van der Waals surface area contributed by atoms with Gasteiger partial charge in [0.1, 0.15) is 4.90 Å². The summed E-state index contributed by atoms with van der Waals surface area (Å²) in [6.45, 7) is 4.51. The first kappa shape index (κ1) is 24.6. The van der Waals surface area contributed by atoms with Crippen molar-refractivity contribution >= 4 is 26.3 Å². The SMILES string of the molecule is Cc1ccc(Cc2csc(N3CCC(S(=O)(=O)c4c(F)c(F)c(F)c(F)c4F)CC3)n2)cc1C. The number of rotatable bonds is 5. The Labute approximate surface area is 198 Å². The molecule has 1 saturated heterocycles. The van der Waals surface area contributed by atoms with Crippen molar-refractivity contribution in [3.63, 3.8) is 0 Å². The fraction of sp³-hybridized carbons (Fsp3) is 0.348. The zero-order valence-electron chi connectivity index (χ0n) is 18.3. The maximum absolute atomic E-state index is 14.1. The molecule has 3 aromatic rings. The van der Waals surface area contributed by atoms with Gasteiger partial charge in [0, 0.05) is 24.9 Å². The number of hydrogen-bond acceptors (Lipinski definition) is 5. The van der Waals surface area contributed by atoms with Gasteiger partial charge in [-0.1, -0.05) is 18.2 Å². The van der Waals surface area contributed by atoms with E-state index in [-0.39, 0.29) is 25.9 Å². The minimum Gasteiger partial charge on any atom is -0.348 e. The molecule has 0 unspecified atom stereocenters. The Morgan fingerprint density at radius 2 is 1.53 bits per heavy atom. The smallest absolute Gasteiger partial charge is 0.200 e. The van der Waals surface area contributed by atoms with Crippen LogP contribution in [0.15, 0.2) is 28.5 Å². The van der Waals surface area contributed by atoms with Gasteiger partial charge in [0.25, 0.3) is 0 Å². The lowest BCUT2D eigenvalue weighted by Gasteiger charge is -2.31. The Kier molecular flexibility index (Phi) is 6.69. The Hall–Kier alpha value is -2.53. The highest BCUT2D eigenvalue weighted by molar-refractivity contribution is 7.92. The summed E-state index contributed by atoms with van der Waals surface area (Å²) in [5.74, 6) is -11.6. The summed E-state index contributed by atoms with van der Waals surface area (Å²) in [4.78, 5) is 4.73. The number of anilines is 1. The Morgan fingerprint density at radius 3 is 2.12 bits per heavy atom. The van der Waals surface area contributed by atoms with Crippen LogP contribution in [0.5, 0.6) is 0 Å². The van der Waals surface area contributed by atoms with Gasteiger partial charge in [0.05, 0.1) is 10.9 Å². The summed E-state index contributed by atoms with van der Waals surface area (Å²) in [6, 6.07) is 6.19. The molecule has 1 aliphatic heterocycles. The summed E-state index contributed by atoms with van der Waals surface area (Å²) in [6.07, 6.45) is 0.574. The number of sulfone groups is 1. The van der Waals surface area contributed by atoms with Gasteiger partial charge in [-0.3, -0.25) is 0 Å². The summed E-state index contributed by atoms with van der Waals surface area (Å²) < 4.78 is 94.2. The fourth-order valence-electron chi connectivity index (χ4n) is 4.00. The molecule has 2 heterocycles. The van der Waals surface area contributed by atoms with Crippen molar-refractivity contribution < 1.29 is 30.4 Å². The molecule has 0 aliphatic carbocycles. The second-order valence-electron chi connectivity index (χ2n) is 8.35. The Balaban J connectivity index is 1.47. The van der Waals surface area contributed by atoms with Crippen LogP contribution in [0.4, 0.5) is 27.1 Å². The predicted octanol–water partition coefficient (Wildman–Crippen LogP) is 5.49. The van der Waals surface area contributed by atoms with E-state index in [4.69, 9.17) is 0 Å². The molecule has 1 fully saturated rings. The van der Waals surface area contributed by atoms with Crippen molar-refractivity contribution in [3.05, 3.63) is 75.0 Å². The summed E-state index contributed by atoms with van der Waals surface area (Å²) in [7, 11) is -4.77. The van der Waals surface area contributed by atoms with E-state index in [0.29, 0.717) is 11.6 Å². The van der Waals surface area contributed by atoms with Gasteiger partial charge in [-0.05, 0) is 43.4 Å². The summed E-state index contributed by atoms with van der Waals surface area (Å²) in [5, 5.41) is 1.33. The van der Waals surface area contributed by atoms with Crippen LogP contribution in [0.2, 0.25) is 0 Å². The second-order valence-corrected chi connectivity index (χ2v) is 11.3. The number of hydrogen-bond donors (Lipinski definition) is 0. The molecule has 0 spiro atoms. The molecule has 0 radical (unpaired) electrons. The van der Waals surface area contributed by atoms with E-state index in [0.717, 1.165) is 11.3 Å². The number of piperidine rings is 1. The van der Waals surface area contributed by atoms with Gasteiger partial charge in [-0.15, -0.1) is 11.3 Å². The molecule has 0 atom stereocenters. The second kappa shape index (κ2) is 9.26. The molecule has 2 aromatic carbocycles. The summed E-state index contributed by atoms with van der Waals surface area (Å²) >= 11 is 1.40. The lowest BCUT2D eigenvalue weighted by molar-refractivity contribution is 0.356. The average molecular weight is 517 g/mol. The van der Waals surface area contributed by atoms with Crippen LogP contribution >= 0.6 is 11.3 Å². The molecule has 182 valence electrons. The van der Waals surface area contributed by atoms with Crippen molar-refractivity contribution in [2.24, 2.45) is 0 Å². The maximum Gasteiger partial charge on any atom is 0.200 e. The van der Waals surface area contributed by atoms with Gasteiger partial charge in [-0.25, -0.2) is 35.4 Å². The van der Waals surface area contributed by atoms with E-state index in [1.54, 1.807) is 0 Å². The fourth-order valence-corrected chi connectivity index (χ4v) is 6.73. The van der Waals surface area contributed by atoms with Crippen molar-refractivity contribution in [1.29, 1.82) is 0 Å². The van der Waals surface area contributed by atoms with Gasteiger partial charge >= 0.3 is 0 Å². The number of aryl methyl sites for hydroxylation is 2. The number of thiazole rings is 1. The van der Waals surface area contributed by atoms with Crippen molar-refractivity contribution in [1.82, 2.24) is 4.98 Å². The van der Waals surface area contributed by atoms with E-state index in [9.17, 15) is 30.4 Å². The van der Waals surface area contributed by atoms with Crippen LogP contribution in [-0.2, 0) is 16.3 Å². The molecular weight excluding hydrogens is 495 g/mol. The molecule has 34 heavy (non-hydrogen) atoms. The normalized spacial score (nSPS) is 15.2. The number of aromatic nitrogens is 1. The molecule has 0 saturated carbocycles. The molecule has 4 nitrogen and oxygen atoms in total. The van der Waals surface area contributed by atoms with Crippen LogP contribution in [-0.4, -0.2) is 31.7 Å². The quantitative estimate of drug-likeness (QED) is 0.195. The lowest BCUT2D eigenvalue weighted by atomic mass is 10.0. The largest absolute Gasteiger partial charge is 0.348 e. The van der Waals surface area contributed by atoms with Crippen molar-refractivity contribution in [3.8, 4) is 0 Å². The van der Waals surface area contributed by atoms with E-state index in [1.165, 1.54) is 22.5 Å². The van der Waals surface area contributed by atoms with E-state index in [2.05, 4.69) is 11.1 Å². The van der Waals surface area contributed by atoms with Crippen LogP contribution in [0.3, 0.4) is 0 Å². The van der Waals surface area contributed by atoms with Crippen LogP contribution in [0.25, 0.3) is 0 Å². The molecule has 0 bridgehead atoms. The Morgan fingerprint density at radius 1 is 0.941 bits per heavy atom.